The molecule has 0 aromatic carbocycles. The number of anilines is 1. The molecule has 3 nitrogen and oxygen atoms in total. The first-order valence-corrected chi connectivity index (χ1v) is 5.33. The second-order valence-electron chi connectivity index (χ2n) is 4.12. The van der Waals surface area contributed by atoms with Crippen LogP contribution in [0.1, 0.15) is 6.42 Å². The van der Waals surface area contributed by atoms with Gasteiger partial charge in [-0.25, -0.2) is 4.98 Å². The van der Waals surface area contributed by atoms with Gasteiger partial charge in [-0.05, 0) is 18.6 Å². The quantitative estimate of drug-likeness (QED) is 0.769. The van der Waals surface area contributed by atoms with E-state index in [0.29, 0.717) is 6.04 Å². The lowest BCUT2D eigenvalue weighted by Gasteiger charge is -2.35. The van der Waals surface area contributed by atoms with E-state index in [4.69, 9.17) is 0 Å². The van der Waals surface area contributed by atoms with Crippen LogP contribution in [0.4, 0.5) is 5.82 Å². The molecule has 1 aromatic heterocycles. The van der Waals surface area contributed by atoms with Crippen molar-refractivity contribution >= 4 is 30.6 Å². The normalized spacial score (nSPS) is 26.9. The van der Waals surface area contributed by atoms with Crippen molar-refractivity contribution in [1.29, 1.82) is 0 Å². The molecule has 3 rings (SSSR count). The summed E-state index contributed by atoms with van der Waals surface area (Å²) in [6, 6.07) is 6.88. The van der Waals surface area contributed by atoms with Crippen molar-refractivity contribution < 1.29 is 0 Å². The Bertz CT molecular complexity index is 320. The van der Waals surface area contributed by atoms with Gasteiger partial charge in [0.1, 0.15) is 5.82 Å². The third-order valence-corrected chi connectivity index (χ3v) is 3.29. The predicted molar refractivity (Wildman–Crippen MR) is 70.9 cm³/mol. The molecule has 2 aliphatic heterocycles. The fraction of sp³-hybridized carbons (Fsp3) is 0.545. The third kappa shape index (κ3) is 2.42. The number of hydrogen-bond acceptors (Lipinski definition) is 3. The number of pyridine rings is 1. The van der Waals surface area contributed by atoms with Gasteiger partial charge in [-0.3, -0.25) is 4.90 Å². The molecule has 1 aromatic rings. The van der Waals surface area contributed by atoms with E-state index in [1.807, 2.05) is 12.3 Å². The van der Waals surface area contributed by atoms with Crippen molar-refractivity contribution in [2.24, 2.45) is 0 Å². The standard InChI is InChI=1S/C11H15N3.2ClH/c1-2-5-12-11(3-1)14-8-7-13-6-4-10(14)9-13;;/h1-3,5,10H,4,6-9H2;2*1H. The number of nitrogens with zero attached hydrogens (tertiary/aromatic N) is 3. The smallest absolute Gasteiger partial charge is 0.128 e. The summed E-state index contributed by atoms with van der Waals surface area (Å²) in [4.78, 5) is 9.43. The molecule has 0 radical (unpaired) electrons. The van der Waals surface area contributed by atoms with Crippen LogP contribution in [0.25, 0.3) is 0 Å². The maximum Gasteiger partial charge on any atom is 0.128 e. The van der Waals surface area contributed by atoms with Crippen molar-refractivity contribution in [2.45, 2.75) is 12.5 Å². The van der Waals surface area contributed by atoms with Gasteiger partial charge < -0.3 is 4.90 Å². The molecule has 90 valence electrons. The first-order valence-electron chi connectivity index (χ1n) is 5.33. The van der Waals surface area contributed by atoms with E-state index < -0.39 is 0 Å². The van der Waals surface area contributed by atoms with Crippen LogP contribution in [0.2, 0.25) is 0 Å². The summed E-state index contributed by atoms with van der Waals surface area (Å²) in [5, 5.41) is 0. The number of hydrogen-bond donors (Lipinski definition) is 0. The number of fused-ring (bicyclic) bond motifs is 2. The Morgan fingerprint density at radius 1 is 1.12 bits per heavy atom. The minimum Gasteiger partial charge on any atom is -0.351 e. The van der Waals surface area contributed by atoms with E-state index in [1.54, 1.807) is 0 Å². The summed E-state index contributed by atoms with van der Waals surface area (Å²) in [7, 11) is 0. The lowest BCUT2D eigenvalue weighted by atomic mass is 10.2. The zero-order valence-electron chi connectivity index (χ0n) is 9.08. The Morgan fingerprint density at radius 3 is 2.75 bits per heavy atom. The maximum absolute atomic E-state index is 4.43. The molecule has 2 fully saturated rings. The summed E-state index contributed by atoms with van der Waals surface area (Å²) >= 11 is 0. The average Bonchev–Trinajstić information content (AvgIpc) is 2.62. The highest BCUT2D eigenvalue weighted by Crippen LogP contribution is 2.24. The molecule has 0 N–H and O–H groups in total. The molecule has 2 saturated heterocycles. The van der Waals surface area contributed by atoms with Crippen molar-refractivity contribution in [3.63, 3.8) is 0 Å². The van der Waals surface area contributed by atoms with E-state index in [9.17, 15) is 0 Å². The molecule has 2 unspecified atom stereocenters. The van der Waals surface area contributed by atoms with Crippen LogP contribution in [0.3, 0.4) is 0 Å². The monoisotopic (exact) mass is 261 g/mol. The van der Waals surface area contributed by atoms with E-state index in [0.717, 1.165) is 12.4 Å². The van der Waals surface area contributed by atoms with Gasteiger partial charge in [0, 0.05) is 38.4 Å². The van der Waals surface area contributed by atoms with E-state index >= 15 is 0 Å². The Morgan fingerprint density at radius 2 is 2.00 bits per heavy atom. The van der Waals surface area contributed by atoms with Crippen molar-refractivity contribution in [1.82, 2.24) is 9.88 Å². The van der Waals surface area contributed by atoms with Gasteiger partial charge in [-0.1, -0.05) is 6.07 Å². The largest absolute Gasteiger partial charge is 0.351 e. The second kappa shape index (κ2) is 5.71. The highest BCUT2D eigenvalue weighted by atomic mass is 35.5. The van der Waals surface area contributed by atoms with E-state index in [1.165, 1.54) is 26.1 Å². The maximum atomic E-state index is 4.43. The van der Waals surface area contributed by atoms with Crippen LogP contribution < -0.4 is 4.90 Å². The Kier molecular flexibility index (Phi) is 4.84. The number of piperazine rings is 1. The zero-order valence-corrected chi connectivity index (χ0v) is 10.7. The van der Waals surface area contributed by atoms with Gasteiger partial charge >= 0.3 is 0 Å². The average molecular weight is 262 g/mol. The van der Waals surface area contributed by atoms with Gasteiger partial charge in [0.05, 0.1) is 0 Å². The topological polar surface area (TPSA) is 19.4 Å². The minimum absolute atomic E-state index is 0. The van der Waals surface area contributed by atoms with Crippen LogP contribution in [0.5, 0.6) is 0 Å². The molecule has 0 saturated carbocycles. The third-order valence-electron chi connectivity index (χ3n) is 3.29. The number of aromatic nitrogens is 1. The molecule has 2 bridgehead atoms. The lowest BCUT2D eigenvalue weighted by molar-refractivity contribution is 0.310. The van der Waals surface area contributed by atoms with Gasteiger partial charge in [-0.15, -0.1) is 24.8 Å². The summed E-state index contributed by atoms with van der Waals surface area (Å²) < 4.78 is 0. The van der Waals surface area contributed by atoms with Gasteiger partial charge in [-0.2, -0.15) is 0 Å². The van der Waals surface area contributed by atoms with Crippen molar-refractivity contribution in [2.75, 3.05) is 31.1 Å². The number of rotatable bonds is 1. The van der Waals surface area contributed by atoms with Crippen molar-refractivity contribution in [3.8, 4) is 0 Å². The van der Waals surface area contributed by atoms with E-state index in [-0.39, 0.29) is 24.8 Å². The molecule has 0 aliphatic carbocycles. The summed E-state index contributed by atoms with van der Waals surface area (Å²) in [6.45, 7) is 4.85. The first-order chi connectivity index (χ1) is 6.93. The summed E-state index contributed by atoms with van der Waals surface area (Å²) in [5.41, 5.74) is 0. The lowest BCUT2D eigenvalue weighted by Crippen LogP contribution is -2.47. The molecular weight excluding hydrogens is 245 g/mol. The molecule has 16 heavy (non-hydrogen) atoms. The van der Waals surface area contributed by atoms with Crippen molar-refractivity contribution in [3.05, 3.63) is 24.4 Å². The zero-order chi connectivity index (χ0) is 9.38. The highest BCUT2D eigenvalue weighted by Gasteiger charge is 2.32. The second-order valence-corrected chi connectivity index (χ2v) is 4.12. The van der Waals surface area contributed by atoms with Gasteiger partial charge in [0.25, 0.3) is 0 Å². The molecule has 0 spiro atoms. The van der Waals surface area contributed by atoms with E-state index in [2.05, 4.69) is 26.9 Å². The molecule has 2 atom stereocenters. The van der Waals surface area contributed by atoms with Crippen LogP contribution in [-0.4, -0.2) is 42.1 Å². The van der Waals surface area contributed by atoms with Gasteiger partial charge in [0.2, 0.25) is 0 Å². The minimum atomic E-state index is 0. The molecular formula is C11H17Cl2N3. The Labute approximate surface area is 109 Å². The summed E-state index contributed by atoms with van der Waals surface area (Å²) in [6.07, 6.45) is 3.19. The molecule has 5 heteroatoms. The van der Waals surface area contributed by atoms with Crippen LogP contribution in [0, 0.1) is 0 Å². The molecule has 2 aliphatic rings. The fourth-order valence-corrected chi connectivity index (χ4v) is 2.53. The Balaban J connectivity index is 0.000000640. The fourth-order valence-electron chi connectivity index (χ4n) is 2.53. The SMILES string of the molecule is Cl.Cl.c1ccc(N2CCN3CCC2C3)nc1. The highest BCUT2D eigenvalue weighted by molar-refractivity contribution is 5.85. The van der Waals surface area contributed by atoms with Crippen LogP contribution in [0.15, 0.2) is 24.4 Å². The van der Waals surface area contributed by atoms with Gasteiger partial charge in [0.15, 0.2) is 0 Å². The van der Waals surface area contributed by atoms with Crippen LogP contribution in [-0.2, 0) is 0 Å². The first kappa shape index (κ1) is 13.6. The molecule has 0 amide bonds. The number of halogens is 2. The predicted octanol–water partition coefficient (Wildman–Crippen LogP) is 1.82. The molecule has 3 heterocycles. The Hall–Kier alpha value is -0.510. The van der Waals surface area contributed by atoms with Crippen LogP contribution >= 0.6 is 24.8 Å². The summed E-state index contributed by atoms with van der Waals surface area (Å²) in [5.74, 6) is 1.15.